The summed E-state index contributed by atoms with van der Waals surface area (Å²) in [4.78, 5) is 23.6. The molecule has 0 bridgehead atoms. The lowest BCUT2D eigenvalue weighted by Crippen LogP contribution is -2.42. The van der Waals surface area contributed by atoms with Crippen molar-refractivity contribution in [3.05, 3.63) is 71.9 Å². The van der Waals surface area contributed by atoms with E-state index in [1.807, 2.05) is 24.3 Å². The zero-order valence-corrected chi connectivity index (χ0v) is 17.8. The second-order valence-electron chi connectivity index (χ2n) is 8.44. The molecule has 1 aliphatic carbocycles. The SMILES string of the molecule is O=Cc1ccc(Oc2ncccc2[C@H]2CC[C@@](O)(C(F)(F)F)C2)cc1-c1nc2ccccc2[nH]1. The summed E-state index contributed by atoms with van der Waals surface area (Å²) in [5.41, 5.74) is 0.252. The molecule has 0 amide bonds. The first-order valence-electron chi connectivity index (χ1n) is 10.7. The van der Waals surface area contributed by atoms with Crippen LogP contribution < -0.4 is 4.74 Å². The van der Waals surface area contributed by atoms with Crippen LogP contribution in [-0.4, -0.2) is 38.1 Å². The molecule has 2 aromatic carbocycles. The zero-order valence-electron chi connectivity index (χ0n) is 17.8. The molecule has 2 N–H and O–H groups in total. The number of aliphatic hydroxyl groups is 1. The number of H-pyrrole nitrogens is 1. The number of pyridine rings is 1. The number of hydrogen-bond donors (Lipinski definition) is 2. The van der Waals surface area contributed by atoms with Crippen molar-refractivity contribution < 1.29 is 27.8 Å². The van der Waals surface area contributed by atoms with Gasteiger partial charge in [0.15, 0.2) is 11.9 Å². The van der Waals surface area contributed by atoms with E-state index in [2.05, 4.69) is 15.0 Å². The number of imidazole rings is 1. The minimum atomic E-state index is -4.70. The van der Waals surface area contributed by atoms with Crippen LogP contribution in [0.25, 0.3) is 22.4 Å². The van der Waals surface area contributed by atoms with Gasteiger partial charge < -0.3 is 14.8 Å². The molecule has 0 radical (unpaired) electrons. The smallest absolute Gasteiger partial charge is 0.417 e. The van der Waals surface area contributed by atoms with Crippen LogP contribution in [0.1, 0.15) is 41.1 Å². The Morgan fingerprint density at radius 1 is 1.15 bits per heavy atom. The molecule has 6 nitrogen and oxygen atoms in total. The van der Waals surface area contributed by atoms with Gasteiger partial charge in [0.2, 0.25) is 5.88 Å². The Bertz CT molecular complexity index is 1340. The predicted octanol–water partition coefficient (Wildman–Crippen LogP) is 5.79. The van der Waals surface area contributed by atoms with Crippen molar-refractivity contribution in [2.45, 2.75) is 37.0 Å². The number of nitrogens with one attached hydrogen (secondary N) is 1. The number of halogens is 3. The summed E-state index contributed by atoms with van der Waals surface area (Å²) in [6, 6.07) is 15.6. The van der Waals surface area contributed by atoms with E-state index in [0.717, 1.165) is 17.3 Å². The maximum atomic E-state index is 13.3. The maximum Gasteiger partial charge on any atom is 0.417 e. The third-order valence-corrected chi connectivity index (χ3v) is 6.27. The Morgan fingerprint density at radius 3 is 2.71 bits per heavy atom. The van der Waals surface area contributed by atoms with Gasteiger partial charge in [0.05, 0.1) is 11.0 Å². The van der Waals surface area contributed by atoms with Crippen molar-refractivity contribution in [1.82, 2.24) is 15.0 Å². The van der Waals surface area contributed by atoms with E-state index in [-0.39, 0.29) is 18.7 Å². The minimum absolute atomic E-state index is 0.159. The van der Waals surface area contributed by atoms with E-state index in [0.29, 0.717) is 28.3 Å². The highest BCUT2D eigenvalue weighted by Crippen LogP contribution is 2.50. The topological polar surface area (TPSA) is 88.1 Å². The van der Waals surface area contributed by atoms with Gasteiger partial charge in [-0.05, 0) is 61.6 Å². The first kappa shape index (κ1) is 22.1. The Hall–Kier alpha value is -3.72. The summed E-state index contributed by atoms with van der Waals surface area (Å²) in [7, 11) is 0. The van der Waals surface area contributed by atoms with E-state index in [9.17, 15) is 23.1 Å². The highest BCUT2D eigenvalue weighted by Gasteiger charge is 2.57. The number of carbonyl (C=O) groups excluding carboxylic acids is 1. The van der Waals surface area contributed by atoms with Crippen LogP contribution in [0.5, 0.6) is 11.6 Å². The van der Waals surface area contributed by atoms with Gasteiger partial charge >= 0.3 is 6.18 Å². The summed E-state index contributed by atoms with van der Waals surface area (Å²) in [5, 5.41) is 10.1. The normalized spacial score (nSPS) is 20.5. The van der Waals surface area contributed by atoms with Crippen molar-refractivity contribution in [3.8, 4) is 23.0 Å². The van der Waals surface area contributed by atoms with E-state index in [1.54, 1.807) is 30.3 Å². The van der Waals surface area contributed by atoms with Crippen molar-refractivity contribution in [2.24, 2.45) is 0 Å². The third-order valence-electron chi connectivity index (χ3n) is 6.27. The Morgan fingerprint density at radius 2 is 1.97 bits per heavy atom. The molecular formula is C25H20F3N3O3. The van der Waals surface area contributed by atoms with E-state index < -0.39 is 24.1 Å². The lowest BCUT2D eigenvalue weighted by molar-refractivity contribution is -0.257. The summed E-state index contributed by atoms with van der Waals surface area (Å²) in [6.45, 7) is 0. The summed E-state index contributed by atoms with van der Waals surface area (Å²) >= 11 is 0. The highest BCUT2D eigenvalue weighted by atomic mass is 19.4. The van der Waals surface area contributed by atoms with E-state index >= 15 is 0 Å². The maximum absolute atomic E-state index is 13.3. The summed E-state index contributed by atoms with van der Waals surface area (Å²) < 4.78 is 45.9. The summed E-state index contributed by atoms with van der Waals surface area (Å²) in [6.07, 6.45) is -3.16. The van der Waals surface area contributed by atoms with Crippen molar-refractivity contribution >= 4 is 17.3 Å². The highest BCUT2D eigenvalue weighted by molar-refractivity contribution is 5.89. The van der Waals surface area contributed by atoms with Crippen molar-refractivity contribution in [3.63, 3.8) is 0 Å². The Labute approximate surface area is 192 Å². The largest absolute Gasteiger partial charge is 0.439 e. The number of rotatable bonds is 5. The molecule has 2 heterocycles. The third kappa shape index (κ3) is 3.92. The van der Waals surface area contributed by atoms with Gasteiger partial charge in [0.25, 0.3) is 0 Å². The number of aldehydes is 1. The molecule has 0 spiro atoms. The van der Waals surface area contributed by atoms with Gasteiger partial charge in [0, 0.05) is 22.9 Å². The van der Waals surface area contributed by atoms with Gasteiger partial charge in [-0.1, -0.05) is 18.2 Å². The van der Waals surface area contributed by atoms with E-state index in [1.165, 1.54) is 6.20 Å². The van der Waals surface area contributed by atoms with Gasteiger partial charge in [-0.2, -0.15) is 13.2 Å². The molecule has 1 saturated carbocycles. The molecule has 0 unspecified atom stereocenters. The molecule has 0 saturated heterocycles. The number of alkyl halides is 3. The van der Waals surface area contributed by atoms with Gasteiger partial charge in [-0.15, -0.1) is 0 Å². The number of benzene rings is 2. The molecule has 2 aromatic heterocycles. The first-order chi connectivity index (χ1) is 16.3. The van der Waals surface area contributed by atoms with Crippen LogP contribution in [0, 0.1) is 0 Å². The minimum Gasteiger partial charge on any atom is -0.439 e. The average Bonchev–Trinajstić information content (AvgIpc) is 3.44. The number of carbonyl (C=O) groups is 1. The van der Waals surface area contributed by atoms with Gasteiger partial charge in [-0.25, -0.2) is 9.97 Å². The van der Waals surface area contributed by atoms with Crippen LogP contribution in [0.4, 0.5) is 13.2 Å². The first-order valence-corrected chi connectivity index (χ1v) is 10.7. The van der Waals surface area contributed by atoms with Crippen LogP contribution >= 0.6 is 0 Å². The second-order valence-corrected chi connectivity index (χ2v) is 8.44. The number of nitrogens with zero attached hydrogens (tertiary/aromatic N) is 2. The van der Waals surface area contributed by atoms with Crippen molar-refractivity contribution in [2.75, 3.05) is 0 Å². The Kier molecular flexibility index (Phi) is 5.36. The van der Waals surface area contributed by atoms with Crippen LogP contribution in [-0.2, 0) is 0 Å². The molecule has 34 heavy (non-hydrogen) atoms. The molecular weight excluding hydrogens is 447 g/mol. The molecule has 1 aliphatic rings. The standard InChI is InChI=1S/C25H20F3N3O3/c26-25(27,28)24(33)10-9-15(13-24)18-4-3-11-29-23(18)34-17-8-7-16(14-32)19(12-17)22-30-20-5-1-2-6-21(20)31-22/h1-8,11-12,14-15,33H,9-10,13H2,(H,30,31)/t15-,24-/m0/s1. The van der Waals surface area contributed by atoms with E-state index in [4.69, 9.17) is 4.74 Å². The molecule has 174 valence electrons. The molecule has 1 fully saturated rings. The van der Waals surface area contributed by atoms with Gasteiger partial charge in [-0.3, -0.25) is 4.79 Å². The second kappa shape index (κ2) is 8.25. The number of aromatic amines is 1. The number of hydrogen-bond acceptors (Lipinski definition) is 5. The molecule has 5 rings (SSSR count). The molecule has 0 aliphatic heterocycles. The van der Waals surface area contributed by atoms with Crippen LogP contribution in [0.15, 0.2) is 60.8 Å². The fraction of sp³-hybridized carbons (Fsp3) is 0.240. The monoisotopic (exact) mass is 467 g/mol. The fourth-order valence-corrected chi connectivity index (χ4v) is 4.45. The van der Waals surface area contributed by atoms with Crippen LogP contribution in [0.2, 0.25) is 0 Å². The average molecular weight is 467 g/mol. The molecule has 4 aromatic rings. The lowest BCUT2D eigenvalue weighted by atomic mass is 9.95. The number of ether oxygens (including phenoxy) is 1. The number of aromatic nitrogens is 3. The lowest BCUT2D eigenvalue weighted by Gasteiger charge is -2.26. The quantitative estimate of drug-likeness (QED) is 0.363. The predicted molar refractivity (Wildman–Crippen MR) is 119 cm³/mol. The number of para-hydroxylation sites is 2. The molecule has 2 atom stereocenters. The zero-order chi connectivity index (χ0) is 23.9. The Balaban J connectivity index is 1.47. The van der Waals surface area contributed by atoms with Gasteiger partial charge in [0.1, 0.15) is 11.6 Å². The van der Waals surface area contributed by atoms with Crippen molar-refractivity contribution in [1.29, 1.82) is 0 Å². The molecule has 9 heteroatoms. The summed E-state index contributed by atoms with van der Waals surface area (Å²) in [5.74, 6) is 0.443. The van der Waals surface area contributed by atoms with Crippen LogP contribution in [0.3, 0.4) is 0 Å². The number of fused-ring (bicyclic) bond motifs is 1. The fourth-order valence-electron chi connectivity index (χ4n) is 4.45.